The van der Waals surface area contributed by atoms with E-state index in [2.05, 4.69) is 13.8 Å². The molecule has 3 rings (SSSR count). The van der Waals surface area contributed by atoms with E-state index in [1.54, 1.807) is 24.3 Å². The summed E-state index contributed by atoms with van der Waals surface area (Å²) in [6.07, 6.45) is 4.70. The van der Waals surface area contributed by atoms with Crippen LogP contribution in [0.4, 0.5) is 0 Å². The van der Waals surface area contributed by atoms with Crippen LogP contribution in [0.2, 0.25) is 0 Å². The molecule has 0 aliphatic rings. The first-order valence-corrected chi connectivity index (χ1v) is 15.9. The molecule has 1 atom stereocenters. The van der Waals surface area contributed by atoms with E-state index in [0.29, 0.717) is 12.5 Å². The van der Waals surface area contributed by atoms with E-state index in [9.17, 15) is 8.42 Å². The van der Waals surface area contributed by atoms with Gasteiger partial charge in [0.05, 0.1) is 0 Å². The van der Waals surface area contributed by atoms with E-state index in [0.717, 1.165) is 24.9 Å². The van der Waals surface area contributed by atoms with Gasteiger partial charge in [-0.05, 0) is 0 Å². The van der Waals surface area contributed by atoms with Crippen molar-refractivity contribution >= 4 is 30.4 Å². The molecule has 6 heteroatoms. The van der Waals surface area contributed by atoms with Gasteiger partial charge in [-0.1, -0.05) is 0 Å². The van der Waals surface area contributed by atoms with Crippen LogP contribution in [-0.4, -0.2) is 15.0 Å². The van der Waals surface area contributed by atoms with E-state index in [1.807, 2.05) is 61.5 Å². The zero-order chi connectivity index (χ0) is 23.7. The number of aryl methyl sites for hydroxylation is 1. The van der Waals surface area contributed by atoms with Crippen LogP contribution in [0.3, 0.4) is 0 Å². The van der Waals surface area contributed by atoms with Crippen molar-refractivity contribution in [3.05, 3.63) is 91.6 Å². The summed E-state index contributed by atoms with van der Waals surface area (Å²) in [6.45, 7) is 7.04. The first-order chi connectivity index (χ1) is 15.9. The molecule has 0 amide bonds. The summed E-state index contributed by atoms with van der Waals surface area (Å²) in [5.74, 6) is 1.36. The quantitative estimate of drug-likeness (QED) is 0.209. The van der Waals surface area contributed by atoms with Gasteiger partial charge in [-0.3, -0.25) is 0 Å². The van der Waals surface area contributed by atoms with Gasteiger partial charge in [0.2, 0.25) is 0 Å². The summed E-state index contributed by atoms with van der Waals surface area (Å²) in [5.41, 5.74) is 1.00. The van der Waals surface area contributed by atoms with Gasteiger partial charge in [0.15, 0.2) is 0 Å². The maximum atomic E-state index is 13.1. The van der Waals surface area contributed by atoms with Crippen LogP contribution < -0.4 is 4.74 Å². The van der Waals surface area contributed by atoms with Gasteiger partial charge < -0.3 is 0 Å². The molecular weight excluding hydrogens is 547 g/mol. The summed E-state index contributed by atoms with van der Waals surface area (Å²) in [5, 5.41) is 0. The molecule has 0 N–H and O–H groups in total. The fourth-order valence-electron chi connectivity index (χ4n) is 3.31. The molecule has 0 heterocycles. The van der Waals surface area contributed by atoms with Gasteiger partial charge in [0.1, 0.15) is 0 Å². The molecule has 178 valence electrons. The van der Waals surface area contributed by atoms with Crippen molar-refractivity contribution in [2.45, 2.75) is 51.3 Å². The van der Waals surface area contributed by atoms with Crippen molar-refractivity contribution in [3.8, 4) is 5.75 Å². The van der Waals surface area contributed by atoms with Crippen molar-refractivity contribution in [3.63, 3.8) is 0 Å². The molecule has 0 bridgehead atoms. The van der Waals surface area contributed by atoms with Gasteiger partial charge in [-0.25, -0.2) is 0 Å². The number of benzene rings is 3. The van der Waals surface area contributed by atoms with Gasteiger partial charge in [0, 0.05) is 0 Å². The van der Waals surface area contributed by atoms with E-state index in [-0.39, 0.29) is 4.90 Å². The Bertz CT molecular complexity index is 1080. The Balaban J connectivity index is 1.80. The minimum absolute atomic E-state index is 0.184. The SMILES string of the molecule is CCCCC(CC)COc1ccc(I(OS(=O)(=O)c2ccc(C)cc2)c2ccccc2)cc1. The molecular formula is C27H33IO4S. The van der Waals surface area contributed by atoms with Crippen molar-refractivity contribution in [1.29, 1.82) is 0 Å². The van der Waals surface area contributed by atoms with Crippen LogP contribution in [-0.2, 0) is 12.6 Å². The molecule has 33 heavy (non-hydrogen) atoms. The predicted octanol–water partition coefficient (Wildman–Crippen LogP) is 7.46. The summed E-state index contributed by atoms with van der Waals surface area (Å²) in [7, 11) is -3.88. The average Bonchev–Trinajstić information content (AvgIpc) is 2.84. The molecule has 1 unspecified atom stereocenters. The second-order valence-electron chi connectivity index (χ2n) is 8.06. The third kappa shape index (κ3) is 7.55. The molecule has 0 spiro atoms. The summed E-state index contributed by atoms with van der Waals surface area (Å²) in [4.78, 5) is 0.184. The summed E-state index contributed by atoms with van der Waals surface area (Å²) >= 11 is -2.70. The number of unbranched alkanes of at least 4 members (excludes halogenated alkanes) is 1. The van der Waals surface area contributed by atoms with Crippen molar-refractivity contribution in [2.75, 3.05) is 6.61 Å². The maximum absolute atomic E-state index is 13.1. The molecule has 0 radical (unpaired) electrons. The van der Waals surface area contributed by atoms with Gasteiger partial charge in [-0.2, -0.15) is 0 Å². The van der Waals surface area contributed by atoms with Gasteiger partial charge in [-0.15, -0.1) is 0 Å². The van der Waals surface area contributed by atoms with E-state index >= 15 is 0 Å². The molecule has 4 nitrogen and oxygen atoms in total. The number of rotatable bonds is 12. The van der Waals surface area contributed by atoms with Crippen molar-refractivity contribution in [2.24, 2.45) is 5.92 Å². The Morgan fingerprint density at radius 3 is 2.09 bits per heavy atom. The third-order valence-corrected chi connectivity index (χ3v) is 12.8. The van der Waals surface area contributed by atoms with E-state index in [1.165, 1.54) is 19.3 Å². The monoisotopic (exact) mass is 580 g/mol. The van der Waals surface area contributed by atoms with Crippen LogP contribution in [0, 0.1) is 20.0 Å². The molecule has 0 fully saturated rings. The molecule has 0 saturated carbocycles. The molecule has 0 aromatic heterocycles. The van der Waals surface area contributed by atoms with E-state index < -0.39 is 30.4 Å². The molecule has 0 aliphatic carbocycles. The number of ether oxygens (including phenoxy) is 1. The number of hydrogen-bond donors (Lipinski definition) is 0. The first-order valence-electron chi connectivity index (χ1n) is 11.4. The first kappa shape index (κ1) is 25.7. The van der Waals surface area contributed by atoms with Crippen LogP contribution in [0.5, 0.6) is 5.75 Å². The zero-order valence-electron chi connectivity index (χ0n) is 19.5. The van der Waals surface area contributed by atoms with Crippen molar-refractivity contribution in [1.82, 2.24) is 0 Å². The molecule has 0 aliphatic heterocycles. The fourth-order valence-corrected chi connectivity index (χ4v) is 10.3. The Hall–Kier alpha value is -1.90. The Kier molecular flexibility index (Phi) is 9.77. The average molecular weight is 581 g/mol. The normalized spacial score (nSPS) is 12.9. The number of hydrogen-bond acceptors (Lipinski definition) is 4. The molecule has 0 saturated heterocycles. The van der Waals surface area contributed by atoms with Crippen LogP contribution in [0.15, 0.2) is 83.8 Å². The summed E-state index contributed by atoms with van der Waals surface area (Å²) in [6, 6.07) is 24.2. The second kappa shape index (κ2) is 12.5. The molecule has 3 aromatic carbocycles. The minimum atomic E-state index is -3.88. The third-order valence-electron chi connectivity index (χ3n) is 5.43. The van der Waals surface area contributed by atoms with Crippen molar-refractivity contribution < 1.29 is 15.7 Å². The van der Waals surface area contributed by atoms with Crippen LogP contribution in [0.1, 0.15) is 45.1 Å². The Morgan fingerprint density at radius 2 is 1.48 bits per heavy atom. The zero-order valence-corrected chi connectivity index (χ0v) is 22.5. The Morgan fingerprint density at radius 1 is 0.848 bits per heavy atom. The Labute approximate surface area is 206 Å². The second-order valence-corrected chi connectivity index (χ2v) is 14.6. The molecule has 3 aromatic rings. The number of halogens is 1. The predicted molar refractivity (Wildman–Crippen MR) is 143 cm³/mol. The van der Waals surface area contributed by atoms with Crippen LogP contribution >= 0.6 is 20.2 Å². The van der Waals surface area contributed by atoms with Gasteiger partial charge >= 0.3 is 207 Å². The summed E-state index contributed by atoms with van der Waals surface area (Å²) < 4.78 is 39.9. The standard InChI is InChI=1S/C27H33IO4S/c1-4-6-10-23(5-2)21-31-26-17-15-25(16-18-26)28(24-11-8-7-9-12-24)32-33(29,30)27-19-13-22(3)14-20-27/h7-9,11-20,23H,4-6,10,21H2,1-3H3. The van der Waals surface area contributed by atoms with Gasteiger partial charge in [0.25, 0.3) is 0 Å². The topological polar surface area (TPSA) is 52.6 Å². The van der Waals surface area contributed by atoms with Crippen LogP contribution in [0.25, 0.3) is 0 Å². The fraction of sp³-hybridized carbons (Fsp3) is 0.333. The van der Waals surface area contributed by atoms with E-state index in [4.69, 9.17) is 7.25 Å².